The molecule has 0 aliphatic carbocycles. The topological polar surface area (TPSA) is 56.7 Å². The predicted molar refractivity (Wildman–Crippen MR) is 73.1 cm³/mol. The number of hydrogen-bond donors (Lipinski definition) is 1. The van der Waals surface area contributed by atoms with E-state index in [1.54, 1.807) is 6.92 Å². The summed E-state index contributed by atoms with van der Waals surface area (Å²) in [5, 5.41) is 8.99. The summed E-state index contributed by atoms with van der Waals surface area (Å²) in [4.78, 5) is 19.6. The van der Waals surface area contributed by atoms with Crippen LogP contribution in [-0.2, 0) is 11.2 Å². The van der Waals surface area contributed by atoms with Crippen molar-refractivity contribution in [3.05, 3.63) is 30.1 Å². The Hall–Kier alpha value is -1.46. The first-order chi connectivity index (χ1) is 9.16. The van der Waals surface area contributed by atoms with E-state index in [4.69, 9.17) is 5.11 Å². The third-order valence-corrected chi connectivity index (χ3v) is 3.72. The highest BCUT2D eigenvalue weighted by molar-refractivity contribution is 5.72. The van der Waals surface area contributed by atoms with Gasteiger partial charge in [0.2, 0.25) is 0 Å². The molecular formula is C14H21N3O2. The van der Waals surface area contributed by atoms with Gasteiger partial charge in [-0.05, 0) is 19.1 Å². The molecule has 0 saturated carbocycles. The van der Waals surface area contributed by atoms with Gasteiger partial charge < -0.3 is 10.0 Å². The number of nitrogens with zero attached hydrogens (tertiary/aromatic N) is 3. The summed E-state index contributed by atoms with van der Waals surface area (Å²) in [6.45, 7) is 6.28. The molecule has 0 spiro atoms. The molecule has 1 aliphatic heterocycles. The van der Waals surface area contributed by atoms with Crippen LogP contribution in [0.5, 0.6) is 0 Å². The molecule has 0 amide bonds. The van der Waals surface area contributed by atoms with Crippen LogP contribution < -0.4 is 0 Å². The van der Waals surface area contributed by atoms with Gasteiger partial charge in [0.15, 0.2) is 0 Å². The average molecular weight is 263 g/mol. The van der Waals surface area contributed by atoms with Gasteiger partial charge in [-0.25, -0.2) is 0 Å². The van der Waals surface area contributed by atoms with Gasteiger partial charge in [-0.1, -0.05) is 6.07 Å². The zero-order valence-electron chi connectivity index (χ0n) is 11.3. The fourth-order valence-corrected chi connectivity index (χ4v) is 2.35. The fraction of sp³-hybridized carbons (Fsp3) is 0.571. The van der Waals surface area contributed by atoms with Gasteiger partial charge in [-0.15, -0.1) is 0 Å². The van der Waals surface area contributed by atoms with E-state index in [1.165, 1.54) is 0 Å². The summed E-state index contributed by atoms with van der Waals surface area (Å²) in [5.41, 5.74) is 1.11. The van der Waals surface area contributed by atoms with E-state index in [9.17, 15) is 4.79 Å². The highest BCUT2D eigenvalue weighted by Crippen LogP contribution is 2.07. The van der Waals surface area contributed by atoms with Crippen LogP contribution in [0, 0.1) is 0 Å². The summed E-state index contributed by atoms with van der Waals surface area (Å²) in [6, 6.07) is 5.60. The number of carboxylic acids is 1. The first-order valence-corrected chi connectivity index (χ1v) is 6.76. The number of carbonyl (C=O) groups is 1. The van der Waals surface area contributed by atoms with Crippen molar-refractivity contribution in [2.75, 3.05) is 32.7 Å². The molecule has 1 unspecified atom stereocenters. The number of aliphatic carboxylic acids is 1. The molecule has 1 fully saturated rings. The first-order valence-electron chi connectivity index (χ1n) is 6.76. The summed E-state index contributed by atoms with van der Waals surface area (Å²) in [5.74, 6) is -0.734. The van der Waals surface area contributed by atoms with Crippen molar-refractivity contribution in [3.8, 4) is 0 Å². The van der Waals surface area contributed by atoms with Crippen LogP contribution in [0.4, 0.5) is 0 Å². The molecule has 5 heteroatoms. The highest BCUT2D eigenvalue weighted by atomic mass is 16.4. The first kappa shape index (κ1) is 14.0. The minimum atomic E-state index is -0.734. The number of hydrogen-bond acceptors (Lipinski definition) is 4. The molecule has 5 nitrogen and oxygen atoms in total. The van der Waals surface area contributed by atoms with Gasteiger partial charge >= 0.3 is 5.97 Å². The van der Waals surface area contributed by atoms with E-state index in [1.807, 2.05) is 29.3 Å². The molecule has 19 heavy (non-hydrogen) atoms. The lowest BCUT2D eigenvalue weighted by atomic mass is 10.2. The molecule has 0 aromatic carbocycles. The van der Waals surface area contributed by atoms with Crippen molar-refractivity contribution >= 4 is 5.97 Å². The number of rotatable bonds is 5. The third kappa shape index (κ3) is 4.01. The van der Waals surface area contributed by atoms with Crippen LogP contribution in [0.15, 0.2) is 24.4 Å². The Morgan fingerprint density at radius 3 is 2.68 bits per heavy atom. The smallest absolute Gasteiger partial charge is 0.320 e. The van der Waals surface area contributed by atoms with Crippen LogP contribution in [-0.4, -0.2) is 64.6 Å². The van der Waals surface area contributed by atoms with Crippen molar-refractivity contribution in [2.24, 2.45) is 0 Å². The number of pyridine rings is 1. The maximum Gasteiger partial charge on any atom is 0.320 e. The second-order valence-electron chi connectivity index (χ2n) is 4.96. The molecule has 104 valence electrons. The molecule has 2 rings (SSSR count). The van der Waals surface area contributed by atoms with Crippen molar-refractivity contribution in [2.45, 2.75) is 19.4 Å². The van der Waals surface area contributed by atoms with Gasteiger partial charge in [0, 0.05) is 51.0 Å². The second-order valence-corrected chi connectivity index (χ2v) is 4.96. The summed E-state index contributed by atoms with van der Waals surface area (Å²) in [6.07, 6.45) is 2.77. The molecule has 1 atom stereocenters. The molecule has 1 saturated heterocycles. The normalized spacial score (nSPS) is 19.2. The maximum absolute atomic E-state index is 10.9. The van der Waals surface area contributed by atoms with E-state index < -0.39 is 5.97 Å². The summed E-state index contributed by atoms with van der Waals surface area (Å²) in [7, 11) is 0. The zero-order valence-corrected chi connectivity index (χ0v) is 11.3. The Morgan fingerprint density at radius 1 is 1.37 bits per heavy atom. The van der Waals surface area contributed by atoms with Gasteiger partial charge in [0.05, 0.1) is 0 Å². The minimum absolute atomic E-state index is 0.377. The van der Waals surface area contributed by atoms with Gasteiger partial charge in [0.25, 0.3) is 0 Å². The van der Waals surface area contributed by atoms with Crippen LogP contribution in [0.1, 0.15) is 12.6 Å². The number of carboxylic acid groups (broad SMARTS) is 1. The molecule has 0 bridgehead atoms. The summed E-state index contributed by atoms with van der Waals surface area (Å²) < 4.78 is 0. The lowest BCUT2D eigenvalue weighted by Gasteiger charge is -2.36. The largest absolute Gasteiger partial charge is 0.480 e. The molecule has 1 aromatic heterocycles. The molecule has 1 aromatic rings. The molecular weight excluding hydrogens is 242 g/mol. The monoisotopic (exact) mass is 263 g/mol. The van der Waals surface area contributed by atoms with E-state index in [0.29, 0.717) is 0 Å². The van der Waals surface area contributed by atoms with Gasteiger partial charge in [-0.3, -0.25) is 14.7 Å². The standard InChI is InChI=1S/C14H21N3O2/c1-12(14(18)19)17-10-8-16(9-11-17)7-5-13-4-2-3-6-15-13/h2-4,6,12H,5,7-11H2,1H3,(H,18,19). The van der Waals surface area contributed by atoms with Crippen LogP contribution in [0.25, 0.3) is 0 Å². The average Bonchev–Trinajstić information content (AvgIpc) is 2.46. The Bertz CT molecular complexity index is 402. The quantitative estimate of drug-likeness (QED) is 0.848. The molecule has 1 N–H and O–H groups in total. The molecule has 0 radical (unpaired) electrons. The maximum atomic E-state index is 10.9. The van der Waals surface area contributed by atoms with Gasteiger partial charge in [0.1, 0.15) is 6.04 Å². The van der Waals surface area contributed by atoms with E-state index in [0.717, 1.165) is 44.8 Å². The number of aromatic nitrogens is 1. The lowest BCUT2D eigenvalue weighted by molar-refractivity contribution is -0.143. The molecule has 1 aliphatic rings. The van der Waals surface area contributed by atoms with Crippen molar-refractivity contribution in [3.63, 3.8) is 0 Å². The SMILES string of the molecule is CC(C(=O)O)N1CCN(CCc2ccccn2)CC1. The van der Waals surface area contributed by atoms with Gasteiger partial charge in [-0.2, -0.15) is 0 Å². The Morgan fingerprint density at radius 2 is 2.11 bits per heavy atom. The van der Waals surface area contributed by atoms with Crippen molar-refractivity contribution in [1.29, 1.82) is 0 Å². The van der Waals surface area contributed by atoms with E-state index in [2.05, 4.69) is 9.88 Å². The van der Waals surface area contributed by atoms with Crippen LogP contribution in [0.2, 0.25) is 0 Å². The van der Waals surface area contributed by atoms with Crippen LogP contribution in [0.3, 0.4) is 0 Å². The Kier molecular flexibility index (Phi) is 4.87. The van der Waals surface area contributed by atoms with E-state index in [-0.39, 0.29) is 6.04 Å². The molecule has 2 heterocycles. The zero-order chi connectivity index (χ0) is 13.7. The van der Waals surface area contributed by atoms with Crippen LogP contribution >= 0.6 is 0 Å². The second kappa shape index (κ2) is 6.63. The Balaban J connectivity index is 1.73. The fourth-order valence-electron chi connectivity index (χ4n) is 2.35. The van der Waals surface area contributed by atoms with E-state index >= 15 is 0 Å². The number of piperazine rings is 1. The highest BCUT2D eigenvalue weighted by Gasteiger charge is 2.24. The lowest BCUT2D eigenvalue weighted by Crippen LogP contribution is -2.51. The van der Waals surface area contributed by atoms with Crippen molar-refractivity contribution < 1.29 is 9.90 Å². The minimum Gasteiger partial charge on any atom is -0.480 e. The predicted octanol–water partition coefficient (Wildman–Crippen LogP) is 0.715. The summed E-state index contributed by atoms with van der Waals surface area (Å²) >= 11 is 0. The third-order valence-electron chi connectivity index (χ3n) is 3.72. The Labute approximate surface area is 113 Å². The van der Waals surface area contributed by atoms with Crippen molar-refractivity contribution in [1.82, 2.24) is 14.8 Å².